The van der Waals surface area contributed by atoms with E-state index >= 15 is 0 Å². The summed E-state index contributed by atoms with van der Waals surface area (Å²) in [6.45, 7) is 5.79. The molecule has 0 aliphatic heterocycles. The lowest BCUT2D eigenvalue weighted by molar-refractivity contribution is 0.102. The summed E-state index contributed by atoms with van der Waals surface area (Å²) in [5, 5.41) is 3.52. The smallest absolute Gasteiger partial charge is 0.255 e. The third-order valence-electron chi connectivity index (χ3n) is 3.43. The van der Waals surface area contributed by atoms with Crippen molar-refractivity contribution < 1.29 is 4.79 Å². The number of nitrogens with two attached hydrogens (primary N) is 1. The molecule has 20 heavy (non-hydrogen) atoms. The molecule has 2 aromatic carbocycles. The van der Waals surface area contributed by atoms with E-state index in [1.54, 1.807) is 24.3 Å². The van der Waals surface area contributed by atoms with Gasteiger partial charge in [0.1, 0.15) is 0 Å². The Morgan fingerprint density at radius 3 is 2.45 bits per heavy atom. The number of rotatable bonds is 2. The minimum Gasteiger partial charge on any atom is -0.397 e. The molecule has 3 N–H and O–H groups in total. The molecule has 0 heterocycles. The van der Waals surface area contributed by atoms with Crippen molar-refractivity contribution in [3.63, 3.8) is 0 Å². The zero-order chi connectivity index (χ0) is 14.9. The summed E-state index contributed by atoms with van der Waals surface area (Å²) in [5.41, 5.74) is 10.7. The normalized spacial score (nSPS) is 10.4. The van der Waals surface area contributed by atoms with E-state index in [0.717, 1.165) is 16.7 Å². The molecule has 2 aromatic rings. The third kappa shape index (κ3) is 2.78. The molecule has 0 aliphatic carbocycles. The van der Waals surface area contributed by atoms with Gasteiger partial charge in [0.2, 0.25) is 0 Å². The zero-order valence-corrected chi connectivity index (χ0v) is 12.5. The highest BCUT2D eigenvalue weighted by Gasteiger charge is 2.12. The van der Waals surface area contributed by atoms with Crippen molar-refractivity contribution in [3.8, 4) is 0 Å². The number of aryl methyl sites for hydroxylation is 2. The van der Waals surface area contributed by atoms with Gasteiger partial charge in [-0.2, -0.15) is 0 Å². The van der Waals surface area contributed by atoms with E-state index in [0.29, 0.717) is 22.0 Å². The van der Waals surface area contributed by atoms with Crippen molar-refractivity contribution >= 4 is 28.9 Å². The fourth-order valence-corrected chi connectivity index (χ4v) is 2.09. The standard InChI is InChI=1S/C16H17ClN2O/c1-9-4-7-14(18)15(11(9)3)19-16(20)12-5-6-13(17)10(2)8-12/h4-8H,18H2,1-3H3,(H,19,20). The molecule has 0 fully saturated rings. The van der Waals surface area contributed by atoms with Crippen LogP contribution in [0.4, 0.5) is 11.4 Å². The molecule has 0 aromatic heterocycles. The molecular formula is C16H17ClN2O. The van der Waals surface area contributed by atoms with Crippen LogP contribution in [0, 0.1) is 20.8 Å². The lowest BCUT2D eigenvalue weighted by atomic mass is 10.1. The number of benzene rings is 2. The topological polar surface area (TPSA) is 55.1 Å². The quantitative estimate of drug-likeness (QED) is 0.818. The summed E-state index contributed by atoms with van der Waals surface area (Å²) in [6, 6.07) is 8.92. The molecular weight excluding hydrogens is 272 g/mol. The Bertz CT molecular complexity index is 680. The highest BCUT2D eigenvalue weighted by atomic mass is 35.5. The first-order valence-electron chi connectivity index (χ1n) is 6.33. The molecule has 104 valence electrons. The van der Waals surface area contributed by atoms with Crippen molar-refractivity contribution in [2.24, 2.45) is 0 Å². The molecule has 1 amide bonds. The Balaban J connectivity index is 2.32. The Labute approximate surface area is 123 Å². The first-order chi connectivity index (χ1) is 9.40. The fourth-order valence-electron chi connectivity index (χ4n) is 1.97. The van der Waals surface area contributed by atoms with Gasteiger partial charge in [0.25, 0.3) is 5.91 Å². The first kappa shape index (κ1) is 14.4. The van der Waals surface area contributed by atoms with E-state index in [2.05, 4.69) is 5.32 Å². The van der Waals surface area contributed by atoms with Crippen LogP contribution in [0.2, 0.25) is 5.02 Å². The number of carbonyl (C=O) groups excluding carboxylic acids is 1. The molecule has 0 radical (unpaired) electrons. The van der Waals surface area contributed by atoms with Gasteiger partial charge in [0, 0.05) is 10.6 Å². The second-order valence-corrected chi connectivity index (χ2v) is 5.30. The molecule has 0 bridgehead atoms. The lowest BCUT2D eigenvalue weighted by Crippen LogP contribution is -2.14. The SMILES string of the molecule is Cc1cc(C(=O)Nc2c(N)ccc(C)c2C)ccc1Cl. The minimum atomic E-state index is -0.190. The average molecular weight is 289 g/mol. The Kier molecular flexibility index (Phi) is 4.00. The van der Waals surface area contributed by atoms with Gasteiger partial charge in [-0.15, -0.1) is 0 Å². The van der Waals surface area contributed by atoms with E-state index in [4.69, 9.17) is 17.3 Å². The Morgan fingerprint density at radius 1 is 1.10 bits per heavy atom. The van der Waals surface area contributed by atoms with Gasteiger partial charge in [-0.05, 0) is 61.7 Å². The third-order valence-corrected chi connectivity index (χ3v) is 3.85. The average Bonchev–Trinajstić information content (AvgIpc) is 2.42. The van der Waals surface area contributed by atoms with Gasteiger partial charge in [-0.25, -0.2) is 0 Å². The van der Waals surface area contributed by atoms with E-state index < -0.39 is 0 Å². The van der Waals surface area contributed by atoms with E-state index in [-0.39, 0.29) is 5.91 Å². The number of nitrogens with one attached hydrogen (secondary N) is 1. The first-order valence-corrected chi connectivity index (χ1v) is 6.71. The fraction of sp³-hybridized carbons (Fsp3) is 0.188. The van der Waals surface area contributed by atoms with Gasteiger partial charge in [-0.3, -0.25) is 4.79 Å². The van der Waals surface area contributed by atoms with Gasteiger partial charge >= 0.3 is 0 Å². The van der Waals surface area contributed by atoms with Gasteiger partial charge < -0.3 is 11.1 Å². The number of amides is 1. The summed E-state index contributed by atoms with van der Waals surface area (Å²) in [4.78, 5) is 12.3. The molecule has 0 spiro atoms. The van der Waals surface area contributed by atoms with Crippen molar-refractivity contribution in [3.05, 3.63) is 57.6 Å². The second kappa shape index (κ2) is 5.55. The Hall–Kier alpha value is -2.00. The van der Waals surface area contributed by atoms with Gasteiger partial charge in [0.05, 0.1) is 11.4 Å². The molecule has 0 aliphatic rings. The number of halogens is 1. The highest BCUT2D eigenvalue weighted by molar-refractivity contribution is 6.31. The predicted octanol–water partition coefficient (Wildman–Crippen LogP) is 4.10. The summed E-state index contributed by atoms with van der Waals surface area (Å²) >= 11 is 5.97. The maximum Gasteiger partial charge on any atom is 0.255 e. The number of nitrogen functional groups attached to an aromatic ring is 1. The van der Waals surface area contributed by atoms with Crippen molar-refractivity contribution in [2.45, 2.75) is 20.8 Å². The summed E-state index contributed by atoms with van der Waals surface area (Å²) in [5.74, 6) is -0.190. The monoisotopic (exact) mass is 288 g/mol. The molecule has 0 saturated heterocycles. The van der Waals surface area contributed by atoms with Crippen molar-refractivity contribution in [1.82, 2.24) is 0 Å². The second-order valence-electron chi connectivity index (χ2n) is 4.89. The highest BCUT2D eigenvalue weighted by Crippen LogP contribution is 2.26. The van der Waals surface area contributed by atoms with Crippen LogP contribution in [0.15, 0.2) is 30.3 Å². The van der Waals surface area contributed by atoms with Crippen molar-refractivity contribution in [2.75, 3.05) is 11.1 Å². The summed E-state index contributed by atoms with van der Waals surface area (Å²) < 4.78 is 0. The van der Waals surface area contributed by atoms with Crippen LogP contribution in [0.25, 0.3) is 0 Å². The van der Waals surface area contributed by atoms with Crippen LogP contribution in [0.3, 0.4) is 0 Å². The molecule has 0 saturated carbocycles. The maximum atomic E-state index is 12.3. The van der Waals surface area contributed by atoms with Gasteiger partial charge in [0.15, 0.2) is 0 Å². The number of hydrogen-bond acceptors (Lipinski definition) is 2. The largest absolute Gasteiger partial charge is 0.397 e. The van der Waals surface area contributed by atoms with Crippen LogP contribution < -0.4 is 11.1 Å². The molecule has 3 nitrogen and oxygen atoms in total. The van der Waals surface area contributed by atoms with Crippen LogP contribution >= 0.6 is 11.6 Å². The van der Waals surface area contributed by atoms with Crippen LogP contribution in [0.5, 0.6) is 0 Å². The predicted molar refractivity (Wildman–Crippen MR) is 84.5 cm³/mol. The van der Waals surface area contributed by atoms with Gasteiger partial charge in [-0.1, -0.05) is 17.7 Å². The Morgan fingerprint density at radius 2 is 1.80 bits per heavy atom. The lowest BCUT2D eigenvalue weighted by Gasteiger charge is -2.13. The summed E-state index contributed by atoms with van der Waals surface area (Å²) in [6.07, 6.45) is 0. The molecule has 2 rings (SSSR count). The van der Waals surface area contributed by atoms with Crippen LogP contribution in [-0.4, -0.2) is 5.91 Å². The number of anilines is 2. The number of hydrogen-bond donors (Lipinski definition) is 2. The van der Waals surface area contributed by atoms with Crippen LogP contribution in [-0.2, 0) is 0 Å². The van der Waals surface area contributed by atoms with Crippen LogP contribution in [0.1, 0.15) is 27.0 Å². The molecule has 0 unspecified atom stereocenters. The summed E-state index contributed by atoms with van der Waals surface area (Å²) in [7, 11) is 0. The van der Waals surface area contributed by atoms with E-state index in [1.165, 1.54) is 0 Å². The molecule has 4 heteroatoms. The number of carbonyl (C=O) groups is 1. The van der Waals surface area contributed by atoms with E-state index in [1.807, 2.05) is 26.8 Å². The zero-order valence-electron chi connectivity index (χ0n) is 11.8. The minimum absolute atomic E-state index is 0.190. The maximum absolute atomic E-state index is 12.3. The van der Waals surface area contributed by atoms with Crippen molar-refractivity contribution in [1.29, 1.82) is 0 Å². The van der Waals surface area contributed by atoms with E-state index in [9.17, 15) is 4.79 Å². The molecule has 0 atom stereocenters.